The summed E-state index contributed by atoms with van der Waals surface area (Å²) in [5.41, 5.74) is 5.87. The molecule has 2 saturated heterocycles. The van der Waals surface area contributed by atoms with Crippen molar-refractivity contribution in [3.8, 4) is 0 Å². The van der Waals surface area contributed by atoms with E-state index in [1.54, 1.807) is 12.1 Å². The highest BCUT2D eigenvalue weighted by Crippen LogP contribution is 2.34. The zero-order valence-corrected chi connectivity index (χ0v) is 15.8. The van der Waals surface area contributed by atoms with Gasteiger partial charge in [0.2, 0.25) is 0 Å². The summed E-state index contributed by atoms with van der Waals surface area (Å²) in [5, 5.41) is 9.92. The van der Waals surface area contributed by atoms with Crippen molar-refractivity contribution in [2.24, 2.45) is 0 Å². The van der Waals surface area contributed by atoms with E-state index < -0.39 is 5.60 Å². The van der Waals surface area contributed by atoms with Crippen LogP contribution in [0.2, 0.25) is 0 Å². The van der Waals surface area contributed by atoms with Crippen LogP contribution in [-0.4, -0.2) is 41.8 Å². The molecule has 4 rings (SSSR count). The molecule has 26 heavy (non-hydrogen) atoms. The van der Waals surface area contributed by atoms with Gasteiger partial charge < -0.3 is 10.0 Å². The van der Waals surface area contributed by atoms with Gasteiger partial charge in [-0.15, -0.1) is 0 Å². The molecule has 1 N–H and O–H groups in total. The van der Waals surface area contributed by atoms with E-state index in [1.165, 1.54) is 28.3 Å². The summed E-state index contributed by atoms with van der Waals surface area (Å²) >= 11 is 0. The van der Waals surface area contributed by atoms with Crippen molar-refractivity contribution in [1.82, 2.24) is 4.90 Å². The molecule has 0 atom stereocenters. The maximum atomic E-state index is 13.4. The maximum Gasteiger partial charge on any atom is 0.125 e. The van der Waals surface area contributed by atoms with E-state index in [1.807, 2.05) is 13.0 Å². The molecule has 2 fully saturated rings. The van der Waals surface area contributed by atoms with Crippen molar-refractivity contribution in [3.05, 3.63) is 64.5 Å². The van der Waals surface area contributed by atoms with E-state index in [0.717, 1.165) is 38.4 Å². The topological polar surface area (TPSA) is 26.7 Å². The van der Waals surface area contributed by atoms with Crippen LogP contribution in [0, 0.1) is 19.7 Å². The number of β-amino-alcohol motifs (C(OH)–C–C–N with tert-alkyl or cyclic N) is 1. The Kier molecular flexibility index (Phi) is 4.28. The van der Waals surface area contributed by atoms with Gasteiger partial charge >= 0.3 is 0 Å². The number of benzene rings is 2. The average Bonchev–Trinajstić information content (AvgIpc) is 2.47. The predicted octanol–water partition coefficient (Wildman–Crippen LogP) is 3.61. The Bertz CT molecular complexity index is 796. The number of likely N-dealkylation sites (tertiary alicyclic amines) is 1. The zero-order valence-electron chi connectivity index (χ0n) is 15.8. The standard InChI is InChI=1S/C22H27FN2O/c1-15-7-17(8-16(2)21(15)12-24-13-22(3,26)14-24)18-10-25(11-18)20-6-4-5-19(23)9-20/h4-9,18,26H,10-14H2,1-3H3. The Morgan fingerprint density at radius 3 is 2.35 bits per heavy atom. The second kappa shape index (κ2) is 6.36. The summed E-state index contributed by atoms with van der Waals surface area (Å²) in [5.74, 6) is 0.335. The first-order valence-electron chi connectivity index (χ1n) is 9.36. The molecule has 2 aliphatic rings. The number of anilines is 1. The molecular formula is C22H27FN2O. The van der Waals surface area contributed by atoms with Crippen LogP contribution in [0.1, 0.15) is 35.1 Å². The Labute approximate surface area is 155 Å². The lowest BCUT2D eigenvalue weighted by Gasteiger charge is -2.45. The fraction of sp³-hybridized carbons (Fsp3) is 0.455. The van der Waals surface area contributed by atoms with Crippen molar-refractivity contribution in [2.45, 2.75) is 38.8 Å². The minimum Gasteiger partial charge on any atom is -0.388 e. The highest BCUT2D eigenvalue weighted by molar-refractivity contribution is 5.52. The summed E-state index contributed by atoms with van der Waals surface area (Å²) in [6.07, 6.45) is 0. The predicted molar refractivity (Wildman–Crippen MR) is 103 cm³/mol. The number of nitrogens with zero attached hydrogens (tertiary/aromatic N) is 2. The number of hydrogen-bond donors (Lipinski definition) is 1. The Morgan fingerprint density at radius 2 is 1.77 bits per heavy atom. The van der Waals surface area contributed by atoms with E-state index in [9.17, 15) is 9.50 Å². The Hall–Kier alpha value is -1.91. The summed E-state index contributed by atoms with van der Waals surface area (Å²) in [7, 11) is 0. The first kappa shape index (κ1) is 17.5. The van der Waals surface area contributed by atoms with Gasteiger partial charge in [0.25, 0.3) is 0 Å². The minimum absolute atomic E-state index is 0.174. The third-order valence-electron chi connectivity index (χ3n) is 5.75. The van der Waals surface area contributed by atoms with Crippen LogP contribution in [0.4, 0.5) is 10.1 Å². The summed E-state index contributed by atoms with van der Waals surface area (Å²) in [4.78, 5) is 4.53. The van der Waals surface area contributed by atoms with E-state index in [-0.39, 0.29) is 5.82 Å². The lowest BCUT2D eigenvalue weighted by molar-refractivity contribution is -0.0872. The fourth-order valence-corrected chi connectivity index (χ4v) is 4.34. The van der Waals surface area contributed by atoms with Crippen molar-refractivity contribution < 1.29 is 9.50 Å². The van der Waals surface area contributed by atoms with Gasteiger partial charge in [0.05, 0.1) is 5.60 Å². The van der Waals surface area contributed by atoms with Gasteiger partial charge in [-0.25, -0.2) is 4.39 Å². The van der Waals surface area contributed by atoms with Crippen LogP contribution in [0.15, 0.2) is 36.4 Å². The third kappa shape index (κ3) is 3.36. The largest absolute Gasteiger partial charge is 0.388 e. The molecule has 0 amide bonds. The molecule has 2 aromatic rings. The van der Waals surface area contributed by atoms with Gasteiger partial charge in [-0.05, 0) is 61.2 Å². The normalized spacial score (nSPS) is 20.0. The summed E-state index contributed by atoms with van der Waals surface area (Å²) < 4.78 is 13.4. The average molecular weight is 354 g/mol. The third-order valence-corrected chi connectivity index (χ3v) is 5.75. The van der Waals surface area contributed by atoms with Crippen molar-refractivity contribution in [2.75, 3.05) is 31.1 Å². The van der Waals surface area contributed by atoms with Gasteiger partial charge in [-0.1, -0.05) is 18.2 Å². The van der Waals surface area contributed by atoms with Crippen LogP contribution in [-0.2, 0) is 6.54 Å². The number of hydrogen-bond acceptors (Lipinski definition) is 3. The van der Waals surface area contributed by atoms with Crippen LogP contribution < -0.4 is 4.90 Å². The molecule has 2 aromatic carbocycles. The van der Waals surface area contributed by atoms with E-state index in [2.05, 4.69) is 35.8 Å². The second-order valence-corrected chi connectivity index (χ2v) is 8.36. The summed E-state index contributed by atoms with van der Waals surface area (Å²) in [6, 6.07) is 11.5. The van der Waals surface area contributed by atoms with Crippen molar-refractivity contribution in [3.63, 3.8) is 0 Å². The van der Waals surface area contributed by atoms with Crippen LogP contribution in [0.25, 0.3) is 0 Å². The zero-order chi connectivity index (χ0) is 18.5. The molecule has 0 unspecified atom stereocenters. The van der Waals surface area contributed by atoms with Crippen LogP contribution >= 0.6 is 0 Å². The lowest BCUT2D eigenvalue weighted by Crippen LogP contribution is -2.59. The molecule has 2 heterocycles. The van der Waals surface area contributed by atoms with Crippen LogP contribution in [0.3, 0.4) is 0 Å². The van der Waals surface area contributed by atoms with Gasteiger partial charge in [0.1, 0.15) is 5.82 Å². The first-order valence-corrected chi connectivity index (χ1v) is 9.36. The molecule has 0 saturated carbocycles. The molecule has 0 bridgehead atoms. The highest BCUT2D eigenvalue weighted by Gasteiger charge is 2.36. The lowest BCUT2D eigenvalue weighted by atomic mass is 9.86. The van der Waals surface area contributed by atoms with Gasteiger partial charge in [0, 0.05) is 44.3 Å². The van der Waals surface area contributed by atoms with E-state index in [0.29, 0.717) is 5.92 Å². The second-order valence-electron chi connectivity index (χ2n) is 8.36. The molecule has 2 aliphatic heterocycles. The monoisotopic (exact) mass is 354 g/mol. The highest BCUT2D eigenvalue weighted by atomic mass is 19.1. The molecule has 0 spiro atoms. The molecule has 4 heteroatoms. The molecular weight excluding hydrogens is 327 g/mol. The first-order chi connectivity index (χ1) is 12.3. The van der Waals surface area contributed by atoms with Crippen molar-refractivity contribution in [1.29, 1.82) is 0 Å². The fourth-order valence-electron chi connectivity index (χ4n) is 4.34. The van der Waals surface area contributed by atoms with Crippen molar-refractivity contribution >= 4 is 5.69 Å². The minimum atomic E-state index is -0.520. The number of rotatable bonds is 4. The number of aliphatic hydroxyl groups is 1. The summed E-state index contributed by atoms with van der Waals surface area (Å²) in [6.45, 7) is 10.6. The van der Waals surface area contributed by atoms with Gasteiger partial charge in [-0.3, -0.25) is 4.90 Å². The quantitative estimate of drug-likeness (QED) is 0.909. The van der Waals surface area contributed by atoms with E-state index >= 15 is 0 Å². The molecule has 3 nitrogen and oxygen atoms in total. The Morgan fingerprint density at radius 1 is 1.12 bits per heavy atom. The van der Waals surface area contributed by atoms with Gasteiger partial charge in [-0.2, -0.15) is 0 Å². The SMILES string of the molecule is Cc1cc(C2CN(c3cccc(F)c3)C2)cc(C)c1CN1CC(C)(O)C1. The number of halogens is 1. The Balaban J connectivity index is 1.43. The van der Waals surface area contributed by atoms with Gasteiger partial charge in [0.15, 0.2) is 0 Å². The molecule has 0 aliphatic carbocycles. The number of aryl methyl sites for hydroxylation is 2. The smallest absolute Gasteiger partial charge is 0.125 e. The van der Waals surface area contributed by atoms with E-state index in [4.69, 9.17) is 0 Å². The molecule has 138 valence electrons. The maximum absolute atomic E-state index is 13.4. The van der Waals surface area contributed by atoms with Crippen LogP contribution in [0.5, 0.6) is 0 Å². The molecule has 0 aromatic heterocycles. The molecule has 0 radical (unpaired) electrons.